The zero-order valence-electron chi connectivity index (χ0n) is 7.74. The molecule has 15 heavy (non-hydrogen) atoms. The fourth-order valence-corrected chi connectivity index (χ4v) is 1.51. The van der Waals surface area contributed by atoms with Crippen LogP contribution >= 0.6 is 0 Å². The van der Waals surface area contributed by atoms with Gasteiger partial charge in [0.15, 0.2) is 0 Å². The van der Waals surface area contributed by atoms with E-state index in [2.05, 4.69) is 4.18 Å². The summed E-state index contributed by atoms with van der Waals surface area (Å²) in [5.74, 6) is -0.230. The van der Waals surface area contributed by atoms with E-state index in [0.717, 1.165) is 0 Å². The molecule has 0 N–H and O–H groups in total. The van der Waals surface area contributed by atoms with E-state index in [4.69, 9.17) is 4.74 Å². The summed E-state index contributed by atoms with van der Waals surface area (Å²) in [6, 6.07) is 0. The number of halogens is 3. The van der Waals surface area contributed by atoms with E-state index in [1.54, 1.807) is 6.92 Å². The highest BCUT2D eigenvalue weighted by molar-refractivity contribution is 7.87. The maximum absolute atomic E-state index is 11.9. The zero-order chi connectivity index (χ0) is 11.7. The average molecular weight is 246 g/mol. The van der Waals surface area contributed by atoms with E-state index >= 15 is 0 Å². The number of ether oxygens (including phenoxy) is 1. The molecule has 0 aromatic carbocycles. The normalized spacial score (nSPS) is 23.5. The Kier molecular flexibility index (Phi) is 3.29. The lowest BCUT2D eigenvalue weighted by molar-refractivity contribution is -0.0530. The minimum Gasteiger partial charge on any atom is -0.381 e. The first-order chi connectivity index (χ1) is 6.72. The van der Waals surface area contributed by atoms with Crippen LogP contribution < -0.4 is 0 Å². The van der Waals surface area contributed by atoms with Crippen LogP contribution in [0.15, 0.2) is 11.8 Å². The van der Waals surface area contributed by atoms with E-state index in [1.165, 1.54) is 6.08 Å². The monoisotopic (exact) mass is 246 g/mol. The van der Waals surface area contributed by atoms with Crippen LogP contribution in [0.4, 0.5) is 13.2 Å². The fourth-order valence-electron chi connectivity index (χ4n) is 0.996. The summed E-state index contributed by atoms with van der Waals surface area (Å²) >= 11 is 0. The molecular formula is C7H9F3O4S. The summed E-state index contributed by atoms with van der Waals surface area (Å²) in [5, 5.41) is 0. The molecule has 8 heteroatoms. The molecule has 1 rings (SSSR count). The van der Waals surface area contributed by atoms with Crippen LogP contribution in [0.1, 0.15) is 13.3 Å². The largest absolute Gasteiger partial charge is 0.534 e. The molecule has 0 aromatic heterocycles. The van der Waals surface area contributed by atoms with Crippen molar-refractivity contribution in [1.29, 1.82) is 0 Å². The Bertz CT molecular complexity index is 357. The molecule has 0 saturated carbocycles. The van der Waals surface area contributed by atoms with Gasteiger partial charge in [0.05, 0.1) is 12.7 Å². The number of hydrogen-bond acceptors (Lipinski definition) is 4. The summed E-state index contributed by atoms with van der Waals surface area (Å²) in [4.78, 5) is 0. The number of alkyl halides is 3. The lowest BCUT2D eigenvalue weighted by Crippen LogP contribution is -2.27. The van der Waals surface area contributed by atoms with Crippen molar-refractivity contribution in [2.24, 2.45) is 0 Å². The van der Waals surface area contributed by atoms with Gasteiger partial charge >= 0.3 is 15.6 Å². The quantitative estimate of drug-likeness (QED) is 0.548. The van der Waals surface area contributed by atoms with Gasteiger partial charge in [-0.2, -0.15) is 21.6 Å². The van der Waals surface area contributed by atoms with Gasteiger partial charge in [-0.15, -0.1) is 0 Å². The predicted molar refractivity (Wildman–Crippen MR) is 44.2 cm³/mol. The smallest absolute Gasteiger partial charge is 0.381 e. The standard InChI is InChI=1S/C7H9F3O4S/c1-5-4-6(2-3-13-5)14-15(11,12)7(8,9)10/h4-5H,2-3H2,1H3. The lowest BCUT2D eigenvalue weighted by atomic mass is 10.2. The Balaban J connectivity index is 2.79. The van der Waals surface area contributed by atoms with Crippen LogP contribution in [0, 0.1) is 0 Å². The first-order valence-corrected chi connectivity index (χ1v) is 5.46. The molecule has 4 nitrogen and oxygen atoms in total. The Hall–Kier alpha value is -0.760. The van der Waals surface area contributed by atoms with E-state index in [0.29, 0.717) is 0 Å². The molecule has 0 radical (unpaired) electrons. The molecule has 1 unspecified atom stereocenters. The summed E-state index contributed by atoms with van der Waals surface area (Å²) in [7, 11) is -5.54. The van der Waals surface area contributed by atoms with Gasteiger partial charge in [0, 0.05) is 6.42 Å². The molecule has 0 aliphatic carbocycles. The van der Waals surface area contributed by atoms with Crippen LogP contribution in [-0.4, -0.2) is 26.6 Å². The van der Waals surface area contributed by atoms with Gasteiger partial charge < -0.3 is 8.92 Å². The fraction of sp³-hybridized carbons (Fsp3) is 0.714. The van der Waals surface area contributed by atoms with Gasteiger partial charge in [0.25, 0.3) is 0 Å². The van der Waals surface area contributed by atoms with Crippen LogP contribution in [0.2, 0.25) is 0 Å². The van der Waals surface area contributed by atoms with E-state index < -0.39 is 21.7 Å². The van der Waals surface area contributed by atoms with Crippen molar-refractivity contribution in [3.8, 4) is 0 Å². The molecule has 1 atom stereocenters. The summed E-state index contributed by atoms with van der Waals surface area (Å²) in [5.41, 5.74) is -5.39. The van der Waals surface area contributed by atoms with Crippen LogP contribution in [0.25, 0.3) is 0 Å². The summed E-state index contributed by atoms with van der Waals surface area (Å²) in [6.45, 7) is 1.71. The third-order valence-electron chi connectivity index (χ3n) is 1.65. The highest BCUT2D eigenvalue weighted by atomic mass is 32.2. The van der Waals surface area contributed by atoms with Gasteiger partial charge in [0.2, 0.25) is 0 Å². The highest BCUT2D eigenvalue weighted by Crippen LogP contribution is 2.28. The maximum atomic E-state index is 11.9. The molecule has 1 heterocycles. The van der Waals surface area contributed by atoms with E-state index in [-0.39, 0.29) is 18.8 Å². The highest BCUT2D eigenvalue weighted by Gasteiger charge is 2.48. The van der Waals surface area contributed by atoms with Crippen LogP contribution in [0.3, 0.4) is 0 Å². The van der Waals surface area contributed by atoms with Crippen molar-refractivity contribution in [3.05, 3.63) is 11.8 Å². The summed E-state index contributed by atoms with van der Waals surface area (Å²) in [6.07, 6.45) is 0.768. The SMILES string of the molecule is CC1C=C(OS(=O)(=O)C(F)(F)F)CCO1. The number of hydrogen-bond donors (Lipinski definition) is 0. The molecule has 0 spiro atoms. The molecule has 1 aliphatic rings. The molecule has 1 aliphatic heterocycles. The Morgan fingerprint density at radius 2 is 2.13 bits per heavy atom. The minimum atomic E-state index is -5.54. The molecule has 0 saturated heterocycles. The first kappa shape index (κ1) is 12.3. The Morgan fingerprint density at radius 3 is 2.60 bits per heavy atom. The van der Waals surface area contributed by atoms with E-state index in [9.17, 15) is 21.6 Å². The Labute approximate surface area is 84.8 Å². The second-order valence-corrected chi connectivity index (χ2v) is 4.48. The van der Waals surface area contributed by atoms with Crippen LogP contribution in [-0.2, 0) is 19.0 Å². The lowest BCUT2D eigenvalue weighted by Gasteiger charge is -2.19. The van der Waals surface area contributed by atoms with Crippen molar-refractivity contribution in [2.45, 2.75) is 25.0 Å². The minimum absolute atomic E-state index is 0.0135. The van der Waals surface area contributed by atoms with Crippen molar-refractivity contribution in [3.63, 3.8) is 0 Å². The summed E-state index contributed by atoms with van der Waals surface area (Å²) < 4.78 is 65.9. The van der Waals surface area contributed by atoms with Crippen molar-refractivity contribution < 1.29 is 30.5 Å². The van der Waals surface area contributed by atoms with Gasteiger partial charge in [-0.05, 0) is 13.0 Å². The van der Waals surface area contributed by atoms with Crippen LogP contribution in [0.5, 0.6) is 0 Å². The van der Waals surface area contributed by atoms with E-state index in [1.807, 2.05) is 0 Å². The molecule has 0 fully saturated rings. The third-order valence-corrected chi connectivity index (χ3v) is 2.65. The van der Waals surface area contributed by atoms with Crippen molar-refractivity contribution >= 4 is 10.1 Å². The third kappa shape index (κ3) is 3.10. The van der Waals surface area contributed by atoms with Crippen molar-refractivity contribution in [2.75, 3.05) is 6.61 Å². The second-order valence-electron chi connectivity index (χ2n) is 2.94. The molecule has 88 valence electrons. The maximum Gasteiger partial charge on any atom is 0.534 e. The molecule has 0 amide bonds. The number of rotatable bonds is 2. The van der Waals surface area contributed by atoms with Gasteiger partial charge in [-0.3, -0.25) is 0 Å². The first-order valence-electron chi connectivity index (χ1n) is 4.05. The predicted octanol–water partition coefficient (Wildman–Crippen LogP) is 1.55. The van der Waals surface area contributed by atoms with Crippen molar-refractivity contribution in [1.82, 2.24) is 0 Å². The van der Waals surface area contributed by atoms with Gasteiger partial charge in [-0.1, -0.05) is 0 Å². The van der Waals surface area contributed by atoms with Gasteiger partial charge in [-0.25, -0.2) is 0 Å². The topological polar surface area (TPSA) is 52.6 Å². The molecule has 0 bridgehead atoms. The molecule has 0 aromatic rings. The average Bonchev–Trinajstić information content (AvgIpc) is 2.00. The Morgan fingerprint density at radius 1 is 1.53 bits per heavy atom. The zero-order valence-corrected chi connectivity index (χ0v) is 8.56. The molecular weight excluding hydrogens is 237 g/mol. The second kappa shape index (κ2) is 4.01. The van der Waals surface area contributed by atoms with Gasteiger partial charge in [0.1, 0.15) is 5.76 Å².